The summed E-state index contributed by atoms with van der Waals surface area (Å²) in [7, 11) is 0. The first-order valence-corrected chi connectivity index (χ1v) is 10.4. The number of alkyl halides is 2. The van der Waals surface area contributed by atoms with Crippen LogP contribution in [0.25, 0.3) is 22.0 Å². The molecule has 0 amide bonds. The lowest BCUT2D eigenvalue weighted by Crippen LogP contribution is -2.11. The van der Waals surface area contributed by atoms with E-state index in [4.69, 9.17) is 4.98 Å². The topological polar surface area (TPSA) is 88.0 Å². The van der Waals surface area contributed by atoms with Crippen molar-refractivity contribution in [2.75, 3.05) is 5.32 Å². The first-order valence-electron chi connectivity index (χ1n) is 10.4. The minimum absolute atomic E-state index is 0.187. The fraction of sp³-hybridized carbons (Fsp3) is 0.200. The summed E-state index contributed by atoms with van der Waals surface area (Å²) in [6, 6.07) is 12.5. The number of para-hydroxylation sites is 1. The van der Waals surface area contributed by atoms with Crippen LogP contribution >= 0.6 is 0 Å². The Balaban J connectivity index is 1.80. The van der Waals surface area contributed by atoms with E-state index in [0.717, 1.165) is 33.3 Å². The van der Waals surface area contributed by atoms with Crippen molar-refractivity contribution in [1.82, 2.24) is 15.0 Å². The first kappa shape index (κ1) is 22.3. The van der Waals surface area contributed by atoms with Crippen molar-refractivity contribution >= 4 is 22.6 Å². The fourth-order valence-corrected chi connectivity index (χ4v) is 3.89. The molecule has 0 saturated heterocycles. The third-order valence-electron chi connectivity index (χ3n) is 5.48. The summed E-state index contributed by atoms with van der Waals surface area (Å²) in [5.74, 6) is -1.53. The van der Waals surface area contributed by atoms with Gasteiger partial charge >= 0.3 is 5.97 Å². The lowest BCUT2D eigenvalue weighted by molar-refractivity contribution is 0.0698. The van der Waals surface area contributed by atoms with Gasteiger partial charge in [-0.1, -0.05) is 18.2 Å². The molecule has 2 aromatic heterocycles. The zero-order valence-corrected chi connectivity index (χ0v) is 18.3. The lowest BCUT2D eigenvalue weighted by Gasteiger charge is -2.20. The Kier molecular flexibility index (Phi) is 6.00. The second-order valence-corrected chi connectivity index (χ2v) is 7.89. The molecule has 1 atom stereocenters. The number of benzene rings is 2. The number of aromatic carboxylic acids is 1. The number of pyridine rings is 1. The summed E-state index contributed by atoms with van der Waals surface area (Å²) < 4.78 is 25.7. The van der Waals surface area contributed by atoms with Gasteiger partial charge < -0.3 is 10.4 Å². The number of nitrogens with zero attached hydrogens (tertiary/aromatic N) is 3. The molecule has 0 bridgehead atoms. The van der Waals surface area contributed by atoms with Crippen molar-refractivity contribution in [2.45, 2.75) is 33.2 Å². The van der Waals surface area contributed by atoms with Crippen molar-refractivity contribution in [1.29, 1.82) is 0 Å². The van der Waals surface area contributed by atoms with Gasteiger partial charge in [-0.3, -0.25) is 4.98 Å². The number of hydrogen-bond acceptors (Lipinski definition) is 5. The van der Waals surface area contributed by atoms with Crippen LogP contribution < -0.4 is 5.32 Å². The number of anilines is 1. The number of aryl methyl sites for hydroxylation is 2. The Morgan fingerprint density at radius 3 is 2.42 bits per heavy atom. The zero-order chi connectivity index (χ0) is 23.7. The molecule has 0 aliphatic rings. The summed E-state index contributed by atoms with van der Waals surface area (Å²) in [5.41, 5.74) is 5.50. The van der Waals surface area contributed by atoms with Gasteiger partial charge in [0.05, 0.1) is 11.1 Å². The van der Waals surface area contributed by atoms with Gasteiger partial charge in [0.25, 0.3) is 6.43 Å². The quantitative estimate of drug-likeness (QED) is 0.370. The van der Waals surface area contributed by atoms with E-state index in [0.29, 0.717) is 11.3 Å². The van der Waals surface area contributed by atoms with Crippen LogP contribution in [0.1, 0.15) is 52.4 Å². The number of halogens is 2. The highest BCUT2D eigenvalue weighted by Crippen LogP contribution is 2.33. The van der Waals surface area contributed by atoms with E-state index < -0.39 is 18.2 Å². The minimum Gasteiger partial charge on any atom is -0.478 e. The second-order valence-electron chi connectivity index (χ2n) is 7.89. The summed E-state index contributed by atoms with van der Waals surface area (Å²) in [5, 5.41) is 13.7. The molecule has 4 rings (SSSR count). The maximum absolute atomic E-state index is 12.8. The van der Waals surface area contributed by atoms with Gasteiger partial charge in [-0.15, -0.1) is 0 Å². The molecule has 2 aromatic carbocycles. The molecule has 33 heavy (non-hydrogen) atoms. The number of hydrogen-bond donors (Lipinski definition) is 2. The average molecular weight is 448 g/mol. The highest BCUT2D eigenvalue weighted by atomic mass is 19.3. The molecule has 4 aromatic rings. The van der Waals surface area contributed by atoms with E-state index in [2.05, 4.69) is 15.3 Å². The minimum atomic E-state index is -2.73. The monoisotopic (exact) mass is 448 g/mol. The molecule has 2 heterocycles. The molecular formula is C25H22F2N4O2. The molecule has 8 heteroatoms. The van der Waals surface area contributed by atoms with E-state index >= 15 is 0 Å². The predicted molar refractivity (Wildman–Crippen MR) is 123 cm³/mol. The van der Waals surface area contributed by atoms with Crippen LogP contribution in [-0.4, -0.2) is 26.0 Å². The zero-order valence-electron chi connectivity index (χ0n) is 18.3. The maximum Gasteiger partial charge on any atom is 0.337 e. The summed E-state index contributed by atoms with van der Waals surface area (Å²) in [4.78, 5) is 23.9. The first-order chi connectivity index (χ1) is 15.7. The molecule has 0 fully saturated rings. The molecule has 0 unspecified atom stereocenters. The van der Waals surface area contributed by atoms with E-state index in [1.54, 1.807) is 24.3 Å². The third kappa shape index (κ3) is 4.50. The number of nitrogens with one attached hydrogen (secondary N) is 1. The van der Waals surface area contributed by atoms with Crippen LogP contribution in [0.3, 0.4) is 0 Å². The maximum atomic E-state index is 12.8. The Morgan fingerprint density at radius 2 is 1.76 bits per heavy atom. The number of aromatic nitrogens is 3. The number of rotatable bonds is 6. The summed E-state index contributed by atoms with van der Waals surface area (Å²) in [6.07, 6.45) is 0.0245. The van der Waals surface area contributed by atoms with Gasteiger partial charge in [-0.2, -0.15) is 0 Å². The van der Waals surface area contributed by atoms with Crippen molar-refractivity contribution < 1.29 is 18.7 Å². The smallest absolute Gasteiger partial charge is 0.337 e. The van der Waals surface area contributed by atoms with Gasteiger partial charge in [0.15, 0.2) is 5.82 Å². The largest absolute Gasteiger partial charge is 0.478 e. The average Bonchev–Trinajstić information content (AvgIpc) is 2.78. The molecule has 168 valence electrons. The van der Waals surface area contributed by atoms with E-state index in [9.17, 15) is 18.7 Å². The molecule has 0 saturated carbocycles. The van der Waals surface area contributed by atoms with E-state index in [1.807, 2.05) is 39.0 Å². The highest BCUT2D eigenvalue weighted by Gasteiger charge is 2.17. The van der Waals surface area contributed by atoms with Gasteiger partial charge in [-0.05, 0) is 56.2 Å². The van der Waals surface area contributed by atoms with Crippen LogP contribution in [0.2, 0.25) is 0 Å². The second kappa shape index (κ2) is 8.90. The van der Waals surface area contributed by atoms with Gasteiger partial charge in [0, 0.05) is 46.3 Å². The standard InChI is InChI=1S/C25H22F2N4O2/c1-13-8-19(15(3)30-21-7-5-4-6-17(21)25(32)33)20-10-18(14(2)31-22(20)9-13)16-11-28-24(23(26)27)29-12-16/h4-12,15,23,30H,1-3H3,(H,32,33)/t15-/m1/s1. The van der Waals surface area contributed by atoms with Crippen LogP contribution in [-0.2, 0) is 0 Å². The molecule has 0 aliphatic carbocycles. The number of carboxylic acid groups (broad SMARTS) is 1. The van der Waals surface area contributed by atoms with Crippen molar-refractivity contribution in [3.05, 3.63) is 83.1 Å². The number of carbonyl (C=O) groups is 1. The summed E-state index contributed by atoms with van der Waals surface area (Å²) in [6.45, 7) is 5.78. The van der Waals surface area contributed by atoms with E-state index in [1.165, 1.54) is 12.4 Å². The molecule has 0 radical (unpaired) electrons. The molecular weight excluding hydrogens is 426 g/mol. The van der Waals surface area contributed by atoms with Crippen LogP contribution in [0, 0.1) is 13.8 Å². The van der Waals surface area contributed by atoms with E-state index in [-0.39, 0.29) is 11.6 Å². The Bertz CT molecular complexity index is 1340. The van der Waals surface area contributed by atoms with Crippen molar-refractivity contribution in [2.24, 2.45) is 0 Å². The van der Waals surface area contributed by atoms with Crippen LogP contribution in [0.15, 0.2) is 54.9 Å². The van der Waals surface area contributed by atoms with Gasteiger partial charge in [-0.25, -0.2) is 23.5 Å². The van der Waals surface area contributed by atoms with Crippen molar-refractivity contribution in [3.63, 3.8) is 0 Å². The normalized spacial score (nSPS) is 12.2. The SMILES string of the molecule is Cc1cc([C@@H](C)Nc2ccccc2C(=O)O)c2cc(-c3cnc(C(F)F)nc3)c(C)nc2c1. The molecule has 0 spiro atoms. The van der Waals surface area contributed by atoms with Crippen molar-refractivity contribution in [3.8, 4) is 11.1 Å². The third-order valence-corrected chi connectivity index (χ3v) is 5.48. The Labute approximate surface area is 189 Å². The number of fused-ring (bicyclic) bond motifs is 1. The van der Waals surface area contributed by atoms with Crippen LogP contribution in [0.5, 0.6) is 0 Å². The lowest BCUT2D eigenvalue weighted by atomic mass is 9.96. The predicted octanol–water partition coefficient (Wildman–Crippen LogP) is 6.12. The Hall–Kier alpha value is -3.94. The Morgan fingerprint density at radius 1 is 1.06 bits per heavy atom. The highest BCUT2D eigenvalue weighted by molar-refractivity contribution is 5.94. The fourth-order valence-electron chi connectivity index (χ4n) is 3.89. The van der Waals surface area contributed by atoms with Gasteiger partial charge in [0.2, 0.25) is 0 Å². The molecule has 6 nitrogen and oxygen atoms in total. The summed E-state index contributed by atoms with van der Waals surface area (Å²) >= 11 is 0. The molecule has 0 aliphatic heterocycles. The van der Waals surface area contributed by atoms with Crippen LogP contribution in [0.4, 0.5) is 14.5 Å². The molecule has 2 N–H and O–H groups in total. The van der Waals surface area contributed by atoms with Gasteiger partial charge in [0.1, 0.15) is 0 Å². The number of carboxylic acids is 1.